The van der Waals surface area contributed by atoms with E-state index in [2.05, 4.69) is 0 Å². The highest BCUT2D eigenvalue weighted by atomic mass is 32.1. The van der Waals surface area contributed by atoms with Gasteiger partial charge in [0, 0.05) is 22.7 Å². The number of rotatable bonds is 10. The van der Waals surface area contributed by atoms with Crippen molar-refractivity contribution in [3.8, 4) is 16.2 Å². The van der Waals surface area contributed by atoms with Gasteiger partial charge in [0.1, 0.15) is 5.75 Å². The maximum absolute atomic E-state index is 12.9. The maximum Gasteiger partial charge on any atom is 0.414 e. The Labute approximate surface area is 203 Å². The van der Waals surface area contributed by atoms with Crippen molar-refractivity contribution in [1.82, 2.24) is 0 Å². The molecule has 3 rings (SSSR count). The summed E-state index contributed by atoms with van der Waals surface area (Å²) in [6.07, 6.45) is 6.05. The minimum Gasteiger partial charge on any atom is -0.480 e. The Balaban J connectivity index is 1.95. The Bertz CT molecular complexity index is 1030. The number of thiophene rings is 1. The second-order valence-corrected chi connectivity index (χ2v) is 9.50. The normalized spacial score (nSPS) is 13.9. The number of amides is 1. The number of carboxylic acid groups (broad SMARTS) is 2. The molecule has 0 unspecified atom stereocenters. The van der Waals surface area contributed by atoms with Crippen LogP contribution in [-0.4, -0.2) is 48.0 Å². The second kappa shape index (κ2) is 11.9. The number of hydrogen-bond donors (Lipinski definition) is 2. The molecule has 0 spiro atoms. The molecule has 0 atom stereocenters. The van der Waals surface area contributed by atoms with Crippen LogP contribution in [0.4, 0.5) is 10.5 Å². The van der Waals surface area contributed by atoms with Gasteiger partial charge in [-0.3, -0.25) is 4.90 Å². The summed E-state index contributed by atoms with van der Waals surface area (Å²) in [5.41, 5.74) is 1.96. The van der Waals surface area contributed by atoms with Crippen LogP contribution in [0.5, 0.6) is 5.75 Å². The van der Waals surface area contributed by atoms with Gasteiger partial charge in [0.15, 0.2) is 11.5 Å². The van der Waals surface area contributed by atoms with E-state index in [-0.39, 0.29) is 16.7 Å². The molecule has 1 saturated carbocycles. The number of aromatic carboxylic acids is 1. The first kappa shape index (κ1) is 25.6. The Hall–Kier alpha value is -3.07. The number of aliphatic carboxylic acids is 1. The highest BCUT2D eigenvalue weighted by Crippen LogP contribution is 2.42. The first-order valence-electron chi connectivity index (χ1n) is 11.6. The van der Waals surface area contributed by atoms with Crippen molar-refractivity contribution in [3.05, 3.63) is 34.7 Å². The number of carboxylic acids is 2. The number of ether oxygens (including phenoxy) is 2. The highest BCUT2D eigenvalue weighted by Gasteiger charge is 2.26. The fourth-order valence-corrected chi connectivity index (χ4v) is 5.30. The van der Waals surface area contributed by atoms with Gasteiger partial charge in [0.25, 0.3) is 0 Å². The average molecular weight is 490 g/mol. The van der Waals surface area contributed by atoms with Crippen molar-refractivity contribution in [3.63, 3.8) is 0 Å². The lowest BCUT2D eigenvalue weighted by Gasteiger charge is -2.29. The largest absolute Gasteiger partial charge is 0.480 e. The highest BCUT2D eigenvalue weighted by molar-refractivity contribution is 7.18. The van der Waals surface area contributed by atoms with Crippen molar-refractivity contribution < 1.29 is 34.1 Å². The average Bonchev–Trinajstić information content (AvgIpc) is 3.16. The summed E-state index contributed by atoms with van der Waals surface area (Å²) in [6.45, 7) is 3.94. The molecule has 9 heteroatoms. The zero-order chi connectivity index (χ0) is 24.7. The number of benzene rings is 1. The van der Waals surface area contributed by atoms with Gasteiger partial charge >= 0.3 is 18.0 Å². The zero-order valence-electron chi connectivity index (χ0n) is 19.5. The third-order valence-corrected chi connectivity index (χ3v) is 7.17. The van der Waals surface area contributed by atoms with Crippen LogP contribution in [0.25, 0.3) is 10.4 Å². The SMILES string of the molecule is CCCOC(=O)N(CC1CCCCC1)c1cccc(-c2sc(C(=O)O)c(OCC(=O)O)c2C)c1. The van der Waals surface area contributed by atoms with Gasteiger partial charge in [-0.15, -0.1) is 11.3 Å². The van der Waals surface area contributed by atoms with Crippen LogP contribution in [0.2, 0.25) is 0 Å². The molecule has 1 aliphatic carbocycles. The minimum absolute atomic E-state index is 0.0550. The minimum atomic E-state index is -1.19. The predicted molar refractivity (Wildman–Crippen MR) is 130 cm³/mol. The number of carbonyl (C=O) groups excluding carboxylic acids is 1. The Morgan fingerprint density at radius 2 is 1.88 bits per heavy atom. The molecule has 1 heterocycles. The molecule has 2 N–H and O–H groups in total. The maximum atomic E-state index is 12.9. The van der Waals surface area contributed by atoms with Crippen molar-refractivity contribution in [2.24, 2.45) is 5.92 Å². The van der Waals surface area contributed by atoms with Crippen molar-refractivity contribution in [2.45, 2.75) is 52.4 Å². The topological polar surface area (TPSA) is 113 Å². The van der Waals surface area contributed by atoms with Crippen LogP contribution in [0.15, 0.2) is 24.3 Å². The third kappa shape index (κ3) is 6.28. The predicted octanol–water partition coefficient (Wildman–Crippen LogP) is 5.82. The first-order chi connectivity index (χ1) is 16.3. The fourth-order valence-electron chi connectivity index (χ4n) is 4.22. The van der Waals surface area contributed by atoms with Gasteiger partial charge in [-0.05, 0) is 49.8 Å². The molecule has 1 aromatic heterocycles. The number of carbonyl (C=O) groups is 3. The summed E-state index contributed by atoms with van der Waals surface area (Å²) < 4.78 is 10.8. The molecule has 1 aliphatic rings. The van der Waals surface area contributed by atoms with Gasteiger partial charge in [0.05, 0.1) is 6.61 Å². The molecule has 0 saturated heterocycles. The molecule has 0 bridgehead atoms. The molecule has 34 heavy (non-hydrogen) atoms. The van der Waals surface area contributed by atoms with E-state index in [4.69, 9.17) is 14.6 Å². The summed E-state index contributed by atoms with van der Waals surface area (Å²) in [7, 11) is 0. The summed E-state index contributed by atoms with van der Waals surface area (Å²) in [6, 6.07) is 7.36. The van der Waals surface area contributed by atoms with E-state index in [0.29, 0.717) is 35.2 Å². The molecule has 0 radical (unpaired) electrons. The van der Waals surface area contributed by atoms with Crippen LogP contribution in [0, 0.1) is 12.8 Å². The molecule has 1 fully saturated rings. The molecule has 8 nitrogen and oxygen atoms in total. The monoisotopic (exact) mass is 489 g/mol. The van der Waals surface area contributed by atoms with Gasteiger partial charge in [0.2, 0.25) is 0 Å². The zero-order valence-corrected chi connectivity index (χ0v) is 20.4. The Morgan fingerprint density at radius 3 is 2.53 bits per heavy atom. The Morgan fingerprint density at radius 1 is 1.15 bits per heavy atom. The van der Waals surface area contributed by atoms with Crippen LogP contribution in [0.1, 0.15) is 60.7 Å². The van der Waals surface area contributed by atoms with Crippen LogP contribution >= 0.6 is 11.3 Å². The second-order valence-electron chi connectivity index (χ2n) is 8.48. The van der Waals surface area contributed by atoms with E-state index in [1.807, 2.05) is 31.2 Å². The fraction of sp³-hybridized carbons (Fsp3) is 0.480. The Kier molecular flexibility index (Phi) is 8.92. The lowest BCUT2D eigenvalue weighted by atomic mass is 9.89. The van der Waals surface area contributed by atoms with E-state index < -0.39 is 18.5 Å². The van der Waals surface area contributed by atoms with Crippen LogP contribution in [0.3, 0.4) is 0 Å². The van der Waals surface area contributed by atoms with Crippen molar-refractivity contribution in [2.75, 3.05) is 24.7 Å². The van der Waals surface area contributed by atoms with E-state index in [1.54, 1.807) is 11.8 Å². The van der Waals surface area contributed by atoms with Gasteiger partial charge < -0.3 is 19.7 Å². The van der Waals surface area contributed by atoms with E-state index >= 15 is 0 Å². The summed E-state index contributed by atoms with van der Waals surface area (Å²) in [5.74, 6) is -1.90. The molecular formula is C25H31NO7S. The van der Waals surface area contributed by atoms with E-state index in [9.17, 15) is 19.5 Å². The molecule has 2 aromatic rings. The molecule has 184 valence electrons. The molecule has 1 aromatic carbocycles. The van der Waals surface area contributed by atoms with Crippen molar-refractivity contribution in [1.29, 1.82) is 0 Å². The number of nitrogens with zero attached hydrogens (tertiary/aromatic N) is 1. The first-order valence-corrected chi connectivity index (χ1v) is 12.4. The standard InChI is InChI=1S/C25H31NO7S/c1-3-12-32-25(31)26(14-17-8-5-4-6-9-17)19-11-7-10-18(13-19)22-16(2)21(33-15-20(27)28)23(34-22)24(29)30/h7,10-11,13,17H,3-6,8-9,12,14-15H2,1-2H3,(H,27,28)(H,29,30). The lowest BCUT2D eigenvalue weighted by Crippen LogP contribution is -2.36. The molecule has 1 amide bonds. The van der Waals surface area contributed by atoms with Crippen LogP contribution in [-0.2, 0) is 9.53 Å². The van der Waals surface area contributed by atoms with Gasteiger partial charge in [-0.25, -0.2) is 14.4 Å². The number of anilines is 1. The number of hydrogen-bond acceptors (Lipinski definition) is 6. The molecular weight excluding hydrogens is 458 g/mol. The van der Waals surface area contributed by atoms with Crippen LogP contribution < -0.4 is 9.64 Å². The summed E-state index contributed by atoms with van der Waals surface area (Å²) >= 11 is 1.03. The van der Waals surface area contributed by atoms with Gasteiger partial charge in [-0.1, -0.05) is 38.3 Å². The molecule has 0 aliphatic heterocycles. The van der Waals surface area contributed by atoms with Crippen molar-refractivity contribution >= 4 is 35.1 Å². The van der Waals surface area contributed by atoms with E-state index in [1.165, 1.54) is 6.42 Å². The summed E-state index contributed by atoms with van der Waals surface area (Å²) in [5, 5.41) is 18.6. The smallest absolute Gasteiger partial charge is 0.414 e. The van der Waals surface area contributed by atoms with Gasteiger partial charge in [-0.2, -0.15) is 0 Å². The summed E-state index contributed by atoms with van der Waals surface area (Å²) in [4.78, 5) is 37.9. The lowest BCUT2D eigenvalue weighted by molar-refractivity contribution is -0.139. The van der Waals surface area contributed by atoms with E-state index in [0.717, 1.165) is 49.0 Å². The quantitative estimate of drug-likeness (QED) is 0.432. The third-order valence-electron chi connectivity index (χ3n) is 5.86.